The summed E-state index contributed by atoms with van der Waals surface area (Å²) in [7, 11) is 0. The zero-order valence-electron chi connectivity index (χ0n) is 20.1. The van der Waals surface area contributed by atoms with E-state index in [4.69, 9.17) is 4.98 Å². The molecule has 5 rings (SSSR count). The molecule has 0 spiro atoms. The van der Waals surface area contributed by atoms with Gasteiger partial charge in [-0.3, -0.25) is 4.90 Å². The van der Waals surface area contributed by atoms with E-state index in [-0.39, 0.29) is 0 Å². The van der Waals surface area contributed by atoms with Gasteiger partial charge in [-0.25, -0.2) is 14.5 Å². The monoisotopic (exact) mass is 451 g/mol. The first kappa shape index (κ1) is 21.4. The van der Waals surface area contributed by atoms with Gasteiger partial charge in [0.2, 0.25) is 0 Å². The van der Waals surface area contributed by atoms with Gasteiger partial charge < -0.3 is 9.88 Å². The van der Waals surface area contributed by atoms with Gasteiger partial charge in [-0.15, -0.1) is 0 Å². The average molecular weight is 452 g/mol. The van der Waals surface area contributed by atoms with Crippen LogP contribution in [0.2, 0.25) is 0 Å². The van der Waals surface area contributed by atoms with Crippen LogP contribution in [0, 0.1) is 13.8 Å². The lowest BCUT2D eigenvalue weighted by molar-refractivity contribution is 0.175. The Labute approximate surface area is 193 Å². The highest BCUT2D eigenvalue weighted by atomic mass is 32.1. The molecule has 1 aliphatic heterocycles. The molecule has 1 aliphatic rings. The van der Waals surface area contributed by atoms with Gasteiger partial charge in [0.05, 0.1) is 5.69 Å². The molecular formula is C24H33N7S. The number of anilines is 1. The summed E-state index contributed by atoms with van der Waals surface area (Å²) in [4.78, 5) is 19.6. The first-order valence-electron chi connectivity index (χ1n) is 11.6. The lowest BCUT2D eigenvalue weighted by Crippen LogP contribution is -2.56. The molecule has 0 bridgehead atoms. The molecule has 0 aromatic carbocycles. The van der Waals surface area contributed by atoms with E-state index in [9.17, 15) is 0 Å². The number of piperazine rings is 1. The normalized spacial score (nSPS) is 20.3. The third-order valence-electron chi connectivity index (χ3n) is 7.12. The number of nitrogens with zero attached hydrogens (tertiary/aromatic N) is 6. The van der Waals surface area contributed by atoms with Crippen LogP contribution < -0.4 is 4.90 Å². The molecule has 4 aromatic heterocycles. The number of pyridine rings is 1. The van der Waals surface area contributed by atoms with Crippen molar-refractivity contribution in [2.75, 3.05) is 24.5 Å². The van der Waals surface area contributed by atoms with Gasteiger partial charge in [-0.2, -0.15) is 5.10 Å². The maximum atomic E-state index is 5.20. The molecule has 0 aliphatic carbocycles. The van der Waals surface area contributed by atoms with Crippen LogP contribution in [-0.2, 0) is 0 Å². The van der Waals surface area contributed by atoms with Crippen LogP contribution in [0.5, 0.6) is 0 Å². The molecule has 0 radical (unpaired) electrons. The highest BCUT2D eigenvalue weighted by molar-refractivity contribution is 7.21. The minimum atomic E-state index is 0.355. The van der Waals surface area contributed by atoms with E-state index in [1.165, 1.54) is 16.7 Å². The topological polar surface area (TPSA) is 65.3 Å². The fourth-order valence-electron chi connectivity index (χ4n) is 5.13. The largest absolute Gasteiger partial charge is 0.344 e. The Morgan fingerprint density at radius 2 is 1.94 bits per heavy atom. The number of thiazole rings is 1. The Balaban J connectivity index is 1.61. The number of hydrogen-bond donors (Lipinski definition) is 1. The van der Waals surface area contributed by atoms with Crippen molar-refractivity contribution >= 4 is 32.5 Å². The number of fused-ring (bicyclic) bond motifs is 2. The van der Waals surface area contributed by atoms with Crippen molar-refractivity contribution in [3.05, 3.63) is 29.2 Å². The van der Waals surface area contributed by atoms with Crippen LogP contribution in [0.1, 0.15) is 57.2 Å². The quantitative estimate of drug-likeness (QED) is 0.473. The third kappa shape index (κ3) is 3.23. The lowest BCUT2D eigenvalue weighted by atomic mass is 9.96. The Morgan fingerprint density at radius 3 is 2.66 bits per heavy atom. The van der Waals surface area contributed by atoms with Gasteiger partial charge in [0.15, 0.2) is 10.8 Å². The first-order valence-corrected chi connectivity index (χ1v) is 12.4. The lowest BCUT2D eigenvalue weighted by Gasteiger charge is -2.43. The second-order valence-corrected chi connectivity index (χ2v) is 10.5. The summed E-state index contributed by atoms with van der Waals surface area (Å²) in [6, 6.07) is 1.00. The van der Waals surface area contributed by atoms with Crippen LogP contribution in [0.3, 0.4) is 0 Å². The number of likely N-dealkylation sites (N-methyl/N-ethyl adjacent to an activating group) is 1. The number of rotatable bonds is 4. The van der Waals surface area contributed by atoms with Crippen LogP contribution in [-0.4, -0.2) is 61.2 Å². The molecule has 4 aromatic rings. The van der Waals surface area contributed by atoms with Crippen molar-refractivity contribution in [2.24, 2.45) is 0 Å². The Kier molecular flexibility index (Phi) is 5.25. The number of nitrogens with one attached hydrogen (secondary N) is 1. The van der Waals surface area contributed by atoms with Gasteiger partial charge in [0, 0.05) is 42.5 Å². The van der Waals surface area contributed by atoms with Gasteiger partial charge in [0.25, 0.3) is 0 Å². The Hall–Kier alpha value is -2.45. The first-order chi connectivity index (χ1) is 15.3. The van der Waals surface area contributed by atoms with Crippen LogP contribution in [0.4, 0.5) is 5.13 Å². The van der Waals surface area contributed by atoms with Crippen molar-refractivity contribution in [3.8, 4) is 11.3 Å². The highest BCUT2D eigenvalue weighted by Crippen LogP contribution is 2.41. The van der Waals surface area contributed by atoms with Crippen LogP contribution in [0.15, 0.2) is 12.5 Å². The third-order valence-corrected chi connectivity index (χ3v) is 8.13. The standard InChI is InChI=1S/C24H33N7S/c1-8-29-9-15(5)30(10-14(29)4)24-28-21-19(13(2)3)20(27-23(21)32-24)18-11-31-22(25-12-26-31)17(7)16(18)6/h11-15,27H,8-10H2,1-7H3/t14-,15+/m1/s1. The summed E-state index contributed by atoms with van der Waals surface area (Å²) in [5, 5.41) is 5.53. The van der Waals surface area contributed by atoms with E-state index < -0.39 is 0 Å². The highest BCUT2D eigenvalue weighted by Gasteiger charge is 2.31. The molecule has 170 valence electrons. The van der Waals surface area contributed by atoms with E-state index in [0.29, 0.717) is 18.0 Å². The van der Waals surface area contributed by atoms with Crippen molar-refractivity contribution in [3.63, 3.8) is 0 Å². The van der Waals surface area contributed by atoms with Gasteiger partial charge in [-0.1, -0.05) is 32.1 Å². The average Bonchev–Trinajstić information content (AvgIpc) is 3.45. The predicted octanol–water partition coefficient (Wildman–Crippen LogP) is 4.99. The number of H-pyrrole nitrogens is 1. The number of hydrogen-bond acceptors (Lipinski definition) is 6. The molecule has 0 unspecified atom stereocenters. The Morgan fingerprint density at radius 1 is 1.16 bits per heavy atom. The van der Waals surface area contributed by atoms with E-state index >= 15 is 0 Å². The molecule has 1 N–H and O–H groups in total. The van der Waals surface area contributed by atoms with Crippen LogP contribution >= 0.6 is 11.3 Å². The molecule has 5 heterocycles. The molecule has 2 atom stereocenters. The Bertz CT molecular complexity index is 1280. The summed E-state index contributed by atoms with van der Waals surface area (Å²) in [5.74, 6) is 0.355. The molecule has 7 nitrogen and oxygen atoms in total. The number of aromatic amines is 1. The molecular weight excluding hydrogens is 418 g/mol. The maximum Gasteiger partial charge on any atom is 0.188 e. The minimum Gasteiger partial charge on any atom is -0.344 e. The van der Waals surface area contributed by atoms with E-state index in [2.05, 4.69) is 79.5 Å². The molecule has 1 saturated heterocycles. The second-order valence-electron chi connectivity index (χ2n) is 9.50. The SMILES string of the molecule is CCN1C[C@H](C)N(c2nc3c(C(C)C)c(-c4cn5ncnc5c(C)c4C)[nH]c3s2)C[C@H]1C. The molecule has 32 heavy (non-hydrogen) atoms. The van der Waals surface area contributed by atoms with Crippen molar-refractivity contribution in [1.29, 1.82) is 0 Å². The molecule has 1 fully saturated rings. The summed E-state index contributed by atoms with van der Waals surface area (Å²) in [6.45, 7) is 18.9. The zero-order chi connectivity index (χ0) is 22.7. The van der Waals surface area contributed by atoms with E-state index in [1.54, 1.807) is 17.7 Å². The number of aromatic nitrogens is 5. The number of aryl methyl sites for hydroxylation is 1. The second kappa shape index (κ2) is 7.85. The summed E-state index contributed by atoms with van der Waals surface area (Å²) >= 11 is 1.79. The molecule has 8 heteroatoms. The minimum absolute atomic E-state index is 0.355. The zero-order valence-corrected chi connectivity index (χ0v) is 20.9. The van der Waals surface area contributed by atoms with Crippen molar-refractivity contribution < 1.29 is 0 Å². The van der Waals surface area contributed by atoms with Crippen molar-refractivity contribution in [2.45, 2.75) is 66.5 Å². The van der Waals surface area contributed by atoms with Gasteiger partial charge in [-0.05, 0) is 51.3 Å². The molecule has 0 amide bonds. The smallest absolute Gasteiger partial charge is 0.188 e. The summed E-state index contributed by atoms with van der Waals surface area (Å²) in [6.07, 6.45) is 3.72. The summed E-state index contributed by atoms with van der Waals surface area (Å²) < 4.78 is 1.88. The van der Waals surface area contributed by atoms with E-state index in [1.807, 2.05) is 4.52 Å². The fourth-order valence-corrected chi connectivity index (χ4v) is 6.23. The fraction of sp³-hybridized carbons (Fsp3) is 0.542. The van der Waals surface area contributed by atoms with Crippen molar-refractivity contribution in [1.82, 2.24) is 29.5 Å². The van der Waals surface area contributed by atoms with Crippen LogP contribution in [0.25, 0.3) is 27.3 Å². The molecule has 0 saturated carbocycles. The van der Waals surface area contributed by atoms with Gasteiger partial charge >= 0.3 is 0 Å². The predicted molar refractivity (Wildman–Crippen MR) is 133 cm³/mol. The summed E-state index contributed by atoms with van der Waals surface area (Å²) in [5.41, 5.74) is 8.06. The maximum absolute atomic E-state index is 5.20. The van der Waals surface area contributed by atoms with E-state index in [0.717, 1.165) is 52.0 Å². The van der Waals surface area contributed by atoms with Gasteiger partial charge in [0.1, 0.15) is 16.7 Å².